The number of rotatable bonds is 3. The fourth-order valence-electron chi connectivity index (χ4n) is 4.95. The molecule has 10 heteroatoms. The number of hydrogen-bond donors (Lipinski definition) is 3. The lowest BCUT2D eigenvalue weighted by Gasteiger charge is -2.44. The molecule has 2 bridgehead atoms. The van der Waals surface area contributed by atoms with E-state index in [0.717, 1.165) is 31.4 Å². The predicted molar refractivity (Wildman–Crippen MR) is 129 cm³/mol. The summed E-state index contributed by atoms with van der Waals surface area (Å²) in [5, 5.41) is 18.5. The molecular weight excluding hydrogens is 458 g/mol. The van der Waals surface area contributed by atoms with Crippen LogP contribution in [0.4, 0.5) is 26.7 Å². The number of aliphatic hydroxyl groups is 1. The highest BCUT2D eigenvalue weighted by Crippen LogP contribution is 2.39. The minimum absolute atomic E-state index is 0.00852. The molecule has 0 radical (unpaired) electrons. The molecule has 2 aromatic rings. The number of benzene rings is 2. The maximum absolute atomic E-state index is 12.9. The summed E-state index contributed by atoms with van der Waals surface area (Å²) in [5.74, 6) is 0.309. The standard InChI is InChI=1S/C24H26ClN5O4/c25-16-3-5-17(6-4-16)26-23(33)28-13-21(31)14-29(28)24(34)27-18-7-11-20(12-8-18)30-19-9-1-15(2-10-19)22(30)32/h3-8,11-12,15,19,21,31H,1-2,9-10,13-14H2,(H,26,33)(H,27,34). The van der Waals surface area contributed by atoms with Crippen molar-refractivity contribution in [1.29, 1.82) is 0 Å². The Morgan fingerprint density at radius 2 is 1.32 bits per heavy atom. The summed E-state index contributed by atoms with van der Waals surface area (Å²) >= 11 is 5.88. The van der Waals surface area contributed by atoms with Crippen LogP contribution >= 0.6 is 11.6 Å². The molecule has 2 aromatic carbocycles. The topological polar surface area (TPSA) is 105 Å². The van der Waals surface area contributed by atoms with Crippen molar-refractivity contribution in [3.8, 4) is 0 Å². The summed E-state index contributed by atoms with van der Waals surface area (Å²) in [6.45, 7) is -0.0191. The number of β-amino-alcohol motifs (C(OH)–C–C–N with tert-alkyl or cyclic N) is 1. The number of hydrazine groups is 1. The Labute approximate surface area is 202 Å². The monoisotopic (exact) mass is 483 g/mol. The van der Waals surface area contributed by atoms with Crippen LogP contribution in [0.3, 0.4) is 0 Å². The zero-order valence-electron chi connectivity index (χ0n) is 18.5. The number of carbonyl (C=O) groups is 3. The third kappa shape index (κ3) is 4.41. The molecule has 178 valence electrons. The molecule has 4 fully saturated rings. The van der Waals surface area contributed by atoms with Gasteiger partial charge in [-0.2, -0.15) is 0 Å². The lowest BCUT2D eigenvalue weighted by molar-refractivity contribution is -0.126. The Bertz CT molecular complexity index is 1090. The quantitative estimate of drug-likeness (QED) is 0.615. The van der Waals surface area contributed by atoms with Gasteiger partial charge in [0.05, 0.1) is 19.2 Å². The van der Waals surface area contributed by atoms with Crippen molar-refractivity contribution in [1.82, 2.24) is 10.0 Å². The Balaban J connectivity index is 1.24. The van der Waals surface area contributed by atoms with E-state index in [0.29, 0.717) is 16.4 Å². The van der Waals surface area contributed by atoms with E-state index in [-0.39, 0.29) is 31.0 Å². The second-order valence-corrected chi connectivity index (χ2v) is 9.38. The molecule has 9 nitrogen and oxygen atoms in total. The average Bonchev–Trinajstić information content (AvgIpc) is 3.24. The second kappa shape index (κ2) is 9.15. The highest BCUT2D eigenvalue weighted by atomic mass is 35.5. The Morgan fingerprint density at radius 1 is 0.824 bits per heavy atom. The van der Waals surface area contributed by atoms with Crippen molar-refractivity contribution in [2.45, 2.75) is 37.8 Å². The van der Waals surface area contributed by atoms with Crippen LogP contribution < -0.4 is 15.5 Å². The number of hydrogen-bond acceptors (Lipinski definition) is 4. The summed E-state index contributed by atoms with van der Waals surface area (Å²) in [4.78, 5) is 40.2. The SMILES string of the molecule is O=C1C2CCC(CC2)N1c1ccc(NC(=O)N2CC(O)CN2C(=O)Nc2ccc(Cl)cc2)cc1. The first-order chi connectivity index (χ1) is 16.4. The molecule has 1 aliphatic carbocycles. The molecule has 3 N–H and O–H groups in total. The zero-order valence-corrected chi connectivity index (χ0v) is 19.2. The van der Waals surface area contributed by atoms with Crippen molar-refractivity contribution in [3.63, 3.8) is 0 Å². The van der Waals surface area contributed by atoms with E-state index in [1.165, 1.54) is 10.0 Å². The van der Waals surface area contributed by atoms with E-state index in [1.54, 1.807) is 36.4 Å². The minimum atomic E-state index is -0.857. The van der Waals surface area contributed by atoms with Crippen molar-refractivity contribution in [2.75, 3.05) is 28.6 Å². The average molecular weight is 484 g/mol. The third-order valence-electron chi connectivity index (χ3n) is 6.67. The third-order valence-corrected chi connectivity index (χ3v) is 6.92. The first-order valence-corrected chi connectivity index (χ1v) is 11.8. The van der Waals surface area contributed by atoms with Gasteiger partial charge in [-0.3, -0.25) is 4.79 Å². The molecule has 1 saturated carbocycles. The normalized spacial score (nSPS) is 23.9. The van der Waals surface area contributed by atoms with Gasteiger partial charge in [0.15, 0.2) is 0 Å². The second-order valence-electron chi connectivity index (χ2n) is 8.95. The van der Waals surface area contributed by atoms with E-state index in [1.807, 2.05) is 17.0 Å². The van der Waals surface area contributed by atoms with Gasteiger partial charge in [0.1, 0.15) is 0 Å². The molecule has 3 aliphatic heterocycles. The van der Waals surface area contributed by atoms with Gasteiger partial charge < -0.3 is 20.6 Å². The van der Waals surface area contributed by atoms with Gasteiger partial charge in [0, 0.05) is 34.0 Å². The summed E-state index contributed by atoms with van der Waals surface area (Å²) in [5.41, 5.74) is 1.88. The van der Waals surface area contributed by atoms with Gasteiger partial charge >= 0.3 is 12.1 Å². The van der Waals surface area contributed by atoms with Gasteiger partial charge in [-0.15, -0.1) is 0 Å². The van der Waals surface area contributed by atoms with Crippen LogP contribution in [0.2, 0.25) is 5.02 Å². The molecule has 3 saturated heterocycles. The lowest BCUT2D eigenvalue weighted by atomic mass is 9.79. The number of piperidine rings is 2. The van der Waals surface area contributed by atoms with Crippen LogP contribution in [0.5, 0.6) is 0 Å². The summed E-state index contributed by atoms with van der Waals surface area (Å²) in [7, 11) is 0. The van der Waals surface area contributed by atoms with Gasteiger partial charge in [-0.25, -0.2) is 19.6 Å². The number of aliphatic hydroxyl groups excluding tert-OH is 1. The van der Waals surface area contributed by atoms with Crippen LogP contribution in [-0.2, 0) is 4.79 Å². The molecule has 5 amide bonds. The number of nitrogens with zero attached hydrogens (tertiary/aromatic N) is 3. The summed E-state index contributed by atoms with van der Waals surface area (Å²) in [6.07, 6.45) is 3.14. The number of anilines is 3. The molecule has 34 heavy (non-hydrogen) atoms. The highest BCUT2D eigenvalue weighted by Gasteiger charge is 2.41. The van der Waals surface area contributed by atoms with Crippen molar-refractivity contribution < 1.29 is 19.5 Å². The predicted octanol–water partition coefficient (Wildman–Crippen LogP) is 3.90. The van der Waals surface area contributed by atoms with Crippen LogP contribution in [-0.4, -0.2) is 58.3 Å². The van der Waals surface area contributed by atoms with Crippen molar-refractivity contribution >= 4 is 46.6 Å². The molecule has 0 spiro atoms. The first-order valence-electron chi connectivity index (χ1n) is 11.4. The molecule has 3 heterocycles. The molecule has 1 unspecified atom stereocenters. The molecule has 6 rings (SSSR count). The Morgan fingerprint density at radius 3 is 1.82 bits per heavy atom. The van der Waals surface area contributed by atoms with Crippen molar-refractivity contribution in [3.05, 3.63) is 53.6 Å². The van der Waals surface area contributed by atoms with Gasteiger partial charge in [-0.1, -0.05) is 11.6 Å². The van der Waals surface area contributed by atoms with E-state index >= 15 is 0 Å². The maximum Gasteiger partial charge on any atom is 0.340 e. The van der Waals surface area contributed by atoms with Gasteiger partial charge in [0.25, 0.3) is 0 Å². The summed E-state index contributed by atoms with van der Waals surface area (Å²) in [6, 6.07) is 12.9. The number of fused-ring (bicyclic) bond motifs is 3. The van der Waals surface area contributed by atoms with Crippen molar-refractivity contribution in [2.24, 2.45) is 5.92 Å². The number of urea groups is 2. The number of nitrogens with one attached hydrogen (secondary N) is 2. The Kier molecular flexibility index (Phi) is 6.05. The fourth-order valence-corrected chi connectivity index (χ4v) is 5.08. The van der Waals surface area contributed by atoms with E-state index < -0.39 is 18.2 Å². The molecule has 4 aliphatic rings. The van der Waals surface area contributed by atoms with E-state index in [9.17, 15) is 19.5 Å². The van der Waals surface area contributed by atoms with Crippen LogP contribution in [0, 0.1) is 5.92 Å². The van der Waals surface area contributed by atoms with E-state index in [4.69, 9.17) is 11.6 Å². The van der Waals surface area contributed by atoms with E-state index in [2.05, 4.69) is 10.6 Å². The largest absolute Gasteiger partial charge is 0.389 e. The van der Waals surface area contributed by atoms with Gasteiger partial charge in [0.2, 0.25) is 5.91 Å². The smallest absolute Gasteiger partial charge is 0.340 e. The highest BCUT2D eigenvalue weighted by molar-refractivity contribution is 6.30. The molecule has 0 aromatic heterocycles. The number of amides is 5. The van der Waals surface area contributed by atoms with Crippen LogP contribution in [0.15, 0.2) is 48.5 Å². The summed E-state index contributed by atoms with van der Waals surface area (Å²) < 4.78 is 0. The van der Waals surface area contributed by atoms with Crippen LogP contribution in [0.25, 0.3) is 0 Å². The van der Waals surface area contributed by atoms with Gasteiger partial charge in [-0.05, 0) is 74.2 Å². The number of carbonyl (C=O) groups excluding carboxylic acids is 3. The zero-order chi connectivity index (χ0) is 23.8. The Hall–Kier alpha value is -3.30. The number of halogens is 1. The first kappa shape index (κ1) is 22.5. The lowest BCUT2D eigenvalue weighted by Crippen LogP contribution is -2.52. The minimum Gasteiger partial charge on any atom is -0.389 e. The fraction of sp³-hybridized carbons (Fsp3) is 0.375. The maximum atomic E-state index is 12.9. The van der Waals surface area contributed by atoms with Crippen LogP contribution in [0.1, 0.15) is 25.7 Å². The molecular formula is C24H26ClN5O4. The molecule has 1 atom stereocenters.